The number of aliphatic hydroxyl groups is 1. The van der Waals surface area contributed by atoms with Crippen molar-refractivity contribution < 1.29 is 9.90 Å². The molecule has 1 amide bonds. The highest BCUT2D eigenvalue weighted by Crippen LogP contribution is 2.24. The Bertz CT molecular complexity index is 502. The second kappa shape index (κ2) is 8.25. The molecule has 7 heteroatoms. The summed E-state index contributed by atoms with van der Waals surface area (Å²) in [7, 11) is 0. The molecule has 2 atom stereocenters. The minimum atomic E-state index is -0.370. The number of β-amino-alcohol motifs (C(OH)–C–C–N with tert-alkyl or cyclic N) is 1. The summed E-state index contributed by atoms with van der Waals surface area (Å²) in [4.78, 5) is 11.7. The molecule has 0 spiro atoms. The number of aliphatic hydroxyl groups excluding tert-OH is 1. The van der Waals surface area contributed by atoms with Gasteiger partial charge in [-0.2, -0.15) is 0 Å². The van der Waals surface area contributed by atoms with Crippen LogP contribution in [0.3, 0.4) is 0 Å². The monoisotopic (exact) mass is 348 g/mol. The fourth-order valence-electron chi connectivity index (χ4n) is 2.12. The maximum absolute atomic E-state index is 11.7. The van der Waals surface area contributed by atoms with E-state index in [1.807, 2.05) is 6.07 Å². The number of hydrogen-bond acceptors (Lipinski definition) is 4. The van der Waals surface area contributed by atoms with E-state index in [0.29, 0.717) is 34.6 Å². The van der Waals surface area contributed by atoms with Crippen molar-refractivity contribution in [2.45, 2.75) is 11.9 Å². The highest BCUT2D eigenvalue weighted by molar-refractivity contribution is 7.99. The molecule has 1 aromatic carbocycles. The Hall–Kier alpha value is -0.460. The van der Waals surface area contributed by atoms with Gasteiger partial charge < -0.3 is 15.7 Å². The molecule has 1 fully saturated rings. The lowest BCUT2D eigenvalue weighted by molar-refractivity contribution is -0.118. The molecule has 0 aliphatic carbocycles. The molecule has 2 unspecified atom stereocenters. The smallest absolute Gasteiger partial charge is 0.230 e. The minimum Gasteiger partial charge on any atom is -0.391 e. The van der Waals surface area contributed by atoms with Gasteiger partial charge in [0.15, 0.2) is 0 Å². The number of hydrogen-bond donors (Lipinski definition) is 3. The highest BCUT2D eigenvalue weighted by Gasteiger charge is 2.24. The van der Waals surface area contributed by atoms with Gasteiger partial charge in [0.25, 0.3) is 0 Å². The molecular weight excluding hydrogens is 331 g/mol. The van der Waals surface area contributed by atoms with Crippen LogP contribution < -0.4 is 10.6 Å². The summed E-state index contributed by atoms with van der Waals surface area (Å²) < 4.78 is 0. The molecule has 1 aliphatic rings. The van der Waals surface area contributed by atoms with Crippen LogP contribution in [0.4, 0.5) is 0 Å². The Kier molecular flexibility index (Phi) is 6.64. The number of nitrogens with one attached hydrogen (secondary N) is 2. The molecule has 0 aromatic heterocycles. The van der Waals surface area contributed by atoms with Crippen molar-refractivity contribution in [3.05, 3.63) is 33.8 Å². The fourth-order valence-corrected chi connectivity index (χ4v) is 3.53. The SMILES string of the molecule is O=C(CSCc1ccc(Cl)cc1Cl)NCC1CNCC1O. The van der Waals surface area contributed by atoms with Gasteiger partial charge in [0, 0.05) is 41.4 Å². The Labute approximate surface area is 138 Å². The van der Waals surface area contributed by atoms with Gasteiger partial charge in [0.2, 0.25) is 5.91 Å². The second-order valence-electron chi connectivity index (χ2n) is 5.02. The summed E-state index contributed by atoms with van der Waals surface area (Å²) in [6.45, 7) is 1.86. The quantitative estimate of drug-likeness (QED) is 0.734. The molecule has 0 bridgehead atoms. The maximum atomic E-state index is 11.7. The first-order chi connectivity index (χ1) is 10.1. The summed E-state index contributed by atoms with van der Waals surface area (Å²) in [5.74, 6) is 1.11. The zero-order valence-corrected chi connectivity index (χ0v) is 13.8. The number of amides is 1. The molecule has 1 aromatic rings. The van der Waals surface area contributed by atoms with Crippen molar-refractivity contribution in [1.82, 2.24) is 10.6 Å². The van der Waals surface area contributed by atoms with Crippen molar-refractivity contribution in [3.63, 3.8) is 0 Å². The molecule has 1 saturated heterocycles. The summed E-state index contributed by atoms with van der Waals surface area (Å²) in [5.41, 5.74) is 0.967. The molecule has 1 aliphatic heterocycles. The molecule has 1 heterocycles. The minimum absolute atomic E-state index is 0.0239. The van der Waals surface area contributed by atoms with Gasteiger partial charge in [0.1, 0.15) is 0 Å². The van der Waals surface area contributed by atoms with E-state index in [9.17, 15) is 9.90 Å². The average molecular weight is 349 g/mol. The van der Waals surface area contributed by atoms with Gasteiger partial charge in [-0.15, -0.1) is 11.8 Å². The largest absolute Gasteiger partial charge is 0.391 e. The van der Waals surface area contributed by atoms with Crippen molar-refractivity contribution in [2.75, 3.05) is 25.4 Å². The van der Waals surface area contributed by atoms with Crippen LogP contribution >= 0.6 is 35.0 Å². The predicted octanol–water partition coefficient (Wildman–Crippen LogP) is 1.92. The van der Waals surface area contributed by atoms with Crippen LogP contribution in [0.25, 0.3) is 0 Å². The first-order valence-corrected chi connectivity index (χ1v) is 8.64. The molecule has 21 heavy (non-hydrogen) atoms. The van der Waals surface area contributed by atoms with Crippen molar-refractivity contribution in [3.8, 4) is 0 Å². The van der Waals surface area contributed by atoms with Crippen molar-refractivity contribution in [2.24, 2.45) is 5.92 Å². The van der Waals surface area contributed by atoms with E-state index in [2.05, 4.69) is 10.6 Å². The highest BCUT2D eigenvalue weighted by atomic mass is 35.5. The van der Waals surface area contributed by atoms with E-state index >= 15 is 0 Å². The zero-order valence-electron chi connectivity index (χ0n) is 11.4. The van der Waals surface area contributed by atoms with E-state index in [1.54, 1.807) is 12.1 Å². The number of carbonyl (C=O) groups excluding carboxylic acids is 1. The van der Waals surface area contributed by atoms with Gasteiger partial charge in [-0.1, -0.05) is 29.3 Å². The van der Waals surface area contributed by atoms with Crippen molar-refractivity contribution >= 4 is 40.9 Å². The van der Waals surface area contributed by atoms with Gasteiger partial charge in [-0.25, -0.2) is 0 Å². The number of benzene rings is 1. The van der Waals surface area contributed by atoms with E-state index < -0.39 is 0 Å². The second-order valence-corrected chi connectivity index (χ2v) is 6.85. The number of rotatable bonds is 6. The van der Waals surface area contributed by atoms with E-state index in [1.165, 1.54) is 11.8 Å². The Morgan fingerprint density at radius 1 is 1.43 bits per heavy atom. The van der Waals surface area contributed by atoms with Crippen LogP contribution in [0.2, 0.25) is 10.0 Å². The third-order valence-electron chi connectivity index (χ3n) is 3.37. The van der Waals surface area contributed by atoms with Crippen LogP contribution in [0.1, 0.15) is 5.56 Å². The van der Waals surface area contributed by atoms with Gasteiger partial charge in [-0.3, -0.25) is 4.79 Å². The Balaban J connectivity index is 1.67. The number of carbonyl (C=O) groups is 1. The van der Waals surface area contributed by atoms with Gasteiger partial charge in [-0.05, 0) is 17.7 Å². The molecule has 116 valence electrons. The third kappa shape index (κ3) is 5.34. The first-order valence-electron chi connectivity index (χ1n) is 6.73. The standard InChI is InChI=1S/C14H18Cl2N2O2S/c15-11-2-1-9(12(16)3-11)7-21-8-14(20)18-5-10-4-17-6-13(10)19/h1-3,10,13,17,19H,4-8H2,(H,18,20). The maximum Gasteiger partial charge on any atom is 0.230 e. The lowest BCUT2D eigenvalue weighted by Gasteiger charge is -2.14. The lowest BCUT2D eigenvalue weighted by atomic mass is 10.1. The summed E-state index contributed by atoms with van der Waals surface area (Å²) in [6, 6.07) is 5.36. The summed E-state index contributed by atoms with van der Waals surface area (Å²) >= 11 is 13.4. The molecule has 0 saturated carbocycles. The van der Waals surface area contributed by atoms with Gasteiger partial charge >= 0.3 is 0 Å². The zero-order chi connectivity index (χ0) is 15.2. The third-order valence-corrected chi connectivity index (χ3v) is 4.94. The first kappa shape index (κ1) is 16.9. The normalized spacial score (nSPS) is 21.5. The molecule has 0 radical (unpaired) electrons. The van der Waals surface area contributed by atoms with Gasteiger partial charge in [0.05, 0.1) is 11.9 Å². The number of thioether (sulfide) groups is 1. The van der Waals surface area contributed by atoms with Crippen LogP contribution in [0, 0.1) is 5.92 Å². The van der Waals surface area contributed by atoms with E-state index in [-0.39, 0.29) is 17.9 Å². The molecule has 4 nitrogen and oxygen atoms in total. The van der Waals surface area contributed by atoms with Crippen LogP contribution in [-0.4, -0.2) is 42.5 Å². The average Bonchev–Trinajstić information content (AvgIpc) is 2.84. The molecular formula is C14H18Cl2N2O2S. The van der Waals surface area contributed by atoms with Crippen LogP contribution in [0.5, 0.6) is 0 Å². The summed E-state index contributed by atoms with van der Waals surface area (Å²) in [5, 5.41) is 16.8. The predicted molar refractivity (Wildman–Crippen MR) is 88.0 cm³/mol. The van der Waals surface area contributed by atoms with E-state index in [4.69, 9.17) is 23.2 Å². The number of halogens is 2. The van der Waals surface area contributed by atoms with E-state index in [0.717, 1.165) is 12.1 Å². The Morgan fingerprint density at radius 2 is 2.24 bits per heavy atom. The molecule has 2 rings (SSSR count). The van der Waals surface area contributed by atoms with Crippen LogP contribution in [-0.2, 0) is 10.5 Å². The topological polar surface area (TPSA) is 61.4 Å². The summed E-state index contributed by atoms with van der Waals surface area (Å²) in [6.07, 6.45) is -0.370. The van der Waals surface area contributed by atoms with Crippen LogP contribution in [0.15, 0.2) is 18.2 Å². The molecule has 3 N–H and O–H groups in total. The Morgan fingerprint density at radius 3 is 2.90 bits per heavy atom. The lowest BCUT2D eigenvalue weighted by Crippen LogP contribution is -2.35. The fraction of sp³-hybridized carbons (Fsp3) is 0.500. The van der Waals surface area contributed by atoms with Crippen molar-refractivity contribution in [1.29, 1.82) is 0 Å².